The SMILES string of the molecule is CCC(CCCCc1cc(C(F)(F)F)c(Oc2ccc3[nH]cc(C(C)C)c3c2)c(C(F)(F)F)c1)C(=O)O. The van der Waals surface area contributed by atoms with Gasteiger partial charge in [-0.1, -0.05) is 27.2 Å². The summed E-state index contributed by atoms with van der Waals surface area (Å²) in [6, 6.07) is 5.68. The van der Waals surface area contributed by atoms with Crippen molar-refractivity contribution in [2.24, 2.45) is 5.92 Å². The molecule has 10 heteroatoms. The average molecular weight is 530 g/mol. The Kier molecular flexibility index (Phi) is 8.49. The fourth-order valence-electron chi connectivity index (χ4n) is 4.37. The molecule has 0 fully saturated rings. The van der Waals surface area contributed by atoms with E-state index in [0.29, 0.717) is 42.3 Å². The zero-order valence-corrected chi connectivity index (χ0v) is 20.7. The summed E-state index contributed by atoms with van der Waals surface area (Å²) < 4.78 is 89.2. The molecule has 0 aliphatic rings. The molecule has 2 aromatic carbocycles. The maximum Gasteiger partial charge on any atom is 0.420 e. The predicted molar refractivity (Wildman–Crippen MR) is 128 cm³/mol. The van der Waals surface area contributed by atoms with Gasteiger partial charge in [-0.25, -0.2) is 0 Å². The van der Waals surface area contributed by atoms with Crippen molar-refractivity contribution in [3.05, 3.63) is 58.8 Å². The molecule has 0 aliphatic carbocycles. The number of carboxylic acids is 1. The quantitative estimate of drug-likeness (QED) is 0.204. The van der Waals surface area contributed by atoms with Gasteiger partial charge >= 0.3 is 18.3 Å². The molecule has 0 spiro atoms. The smallest absolute Gasteiger partial charge is 0.420 e. The Labute approximate surface area is 210 Å². The second-order valence-corrected chi connectivity index (χ2v) is 9.41. The molecule has 0 aliphatic heterocycles. The van der Waals surface area contributed by atoms with Crippen LogP contribution < -0.4 is 4.74 Å². The van der Waals surface area contributed by atoms with Gasteiger partial charge in [-0.15, -0.1) is 0 Å². The summed E-state index contributed by atoms with van der Waals surface area (Å²) >= 11 is 0. The van der Waals surface area contributed by atoms with Crippen molar-refractivity contribution in [1.29, 1.82) is 0 Å². The Balaban J connectivity index is 1.98. The molecule has 202 valence electrons. The van der Waals surface area contributed by atoms with Crippen LogP contribution in [0.4, 0.5) is 26.3 Å². The van der Waals surface area contributed by atoms with E-state index in [1.165, 1.54) is 12.1 Å². The third-order valence-electron chi connectivity index (χ3n) is 6.40. The number of aromatic amines is 1. The molecule has 1 atom stereocenters. The van der Waals surface area contributed by atoms with Gasteiger partial charge in [0.25, 0.3) is 0 Å². The van der Waals surface area contributed by atoms with Crippen molar-refractivity contribution in [3.63, 3.8) is 0 Å². The molecule has 3 aromatic rings. The van der Waals surface area contributed by atoms with Gasteiger partial charge in [0, 0.05) is 17.1 Å². The molecular formula is C27H29F6NO3. The van der Waals surface area contributed by atoms with Crippen LogP contribution in [-0.2, 0) is 23.6 Å². The van der Waals surface area contributed by atoms with E-state index in [4.69, 9.17) is 9.84 Å². The maximum atomic E-state index is 14.0. The third kappa shape index (κ3) is 6.78. The summed E-state index contributed by atoms with van der Waals surface area (Å²) in [5.41, 5.74) is -1.61. The van der Waals surface area contributed by atoms with Gasteiger partial charge in [0.15, 0.2) is 5.75 Å². The van der Waals surface area contributed by atoms with Crippen LogP contribution in [0, 0.1) is 5.92 Å². The number of hydrogen-bond donors (Lipinski definition) is 2. The lowest BCUT2D eigenvalue weighted by molar-refractivity contribution is -0.145. The van der Waals surface area contributed by atoms with Gasteiger partial charge in [0.1, 0.15) is 5.75 Å². The van der Waals surface area contributed by atoms with E-state index in [-0.39, 0.29) is 30.1 Å². The molecule has 37 heavy (non-hydrogen) atoms. The van der Waals surface area contributed by atoms with Crippen LogP contribution in [0.5, 0.6) is 11.5 Å². The molecule has 1 unspecified atom stereocenters. The van der Waals surface area contributed by atoms with Crippen LogP contribution in [0.3, 0.4) is 0 Å². The lowest BCUT2D eigenvalue weighted by atomic mass is 9.95. The summed E-state index contributed by atoms with van der Waals surface area (Å²) in [7, 11) is 0. The number of alkyl halides is 6. The Morgan fingerprint density at radius 3 is 2.14 bits per heavy atom. The first kappa shape index (κ1) is 28.4. The predicted octanol–water partition coefficient (Wildman–Crippen LogP) is 8.94. The van der Waals surface area contributed by atoms with E-state index in [1.54, 1.807) is 19.2 Å². The first-order valence-electron chi connectivity index (χ1n) is 12.0. The minimum Gasteiger partial charge on any atom is -0.481 e. The Bertz CT molecular complexity index is 1210. The minimum absolute atomic E-state index is 0.0600. The number of H-pyrrole nitrogens is 1. The number of nitrogens with one attached hydrogen (secondary N) is 1. The first-order chi connectivity index (χ1) is 17.2. The summed E-state index contributed by atoms with van der Waals surface area (Å²) in [5.74, 6) is -2.93. The van der Waals surface area contributed by atoms with Crippen LogP contribution in [0.2, 0.25) is 0 Å². The largest absolute Gasteiger partial charge is 0.481 e. The van der Waals surface area contributed by atoms with E-state index in [0.717, 1.165) is 5.56 Å². The lowest BCUT2D eigenvalue weighted by Gasteiger charge is -2.21. The van der Waals surface area contributed by atoms with Crippen LogP contribution in [0.1, 0.15) is 74.6 Å². The Hall–Kier alpha value is -3.17. The van der Waals surface area contributed by atoms with E-state index in [9.17, 15) is 31.1 Å². The summed E-state index contributed by atoms with van der Waals surface area (Å²) in [5, 5.41) is 9.77. The minimum atomic E-state index is -5.09. The summed E-state index contributed by atoms with van der Waals surface area (Å²) in [4.78, 5) is 14.2. The number of benzene rings is 2. The number of halogens is 6. The number of aromatic nitrogens is 1. The van der Waals surface area contributed by atoms with Gasteiger partial charge in [-0.05, 0) is 73.1 Å². The molecule has 2 N–H and O–H groups in total. The van der Waals surface area contributed by atoms with E-state index in [2.05, 4.69) is 4.98 Å². The number of fused-ring (bicyclic) bond motifs is 1. The monoisotopic (exact) mass is 529 g/mol. The van der Waals surface area contributed by atoms with Gasteiger partial charge in [-0.2, -0.15) is 26.3 Å². The molecule has 0 radical (unpaired) electrons. The molecule has 0 saturated heterocycles. The van der Waals surface area contributed by atoms with E-state index >= 15 is 0 Å². The van der Waals surface area contributed by atoms with Crippen LogP contribution >= 0.6 is 0 Å². The van der Waals surface area contributed by atoms with E-state index < -0.39 is 41.1 Å². The van der Waals surface area contributed by atoms with Gasteiger partial charge in [-0.3, -0.25) is 4.79 Å². The lowest BCUT2D eigenvalue weighted by Crippen LogP contribution is -2.15. The summed E-state index contributed by atoms with van der Waals surface area (Å²) in [6.45, 7) is 5.55. The number of aryl methyl sites for hydroxylation is 1. The van der Waals surface area contributed by atoms with Crippen molar-refractivity contribution in [3.8, 4) is 11.5 Å². The third-order valence-corrected chi connectivity index (χ3v) is 6.40. The van der Waals surface area contributed by atoms with Gasteiger partial charge < -0.3 is 14.8 Å². The maximum absolute atomic E-state index is 14.0. The van der Waals surface area contributed by atoms with Crippen molar-refractivity contribution in [1.82, 2.24) is 4.98 Å². The van der Waals surface area contributed by atoms with Crippen molar-refractivity contribution in [2.45, 2.75) is 71.1 Å². The van der Waals surface area contributed by atoms with Crippen molar-refractivity contribution in [2.75, 3.05) is 0 Å². The number of aliphatic carboxylic acids is 1. The van der Waals surface area contributed by atoms with Crippen LogP contribution in [0.15, 0.2) is 36.5 Å². The average Bonchev–Trinajstić information content (AvgIpc) is 3.21. The second-order valence-electron chi connectivity index (χ2n) is 9.41. The molecule has 1 aromatic heterocycles. The highest BCUT2D eigenvalue weighted by Gasteiger charge is 2.43. The first-order valence-corrected chi connectivity index (χ1v) is 12.0. The number of unbranched alkanes of at least 4 members (excludes halogenated alkanes) is 1. The molecular weight excluding hydrogens is 500 g/mol. The van der Waals surface area contributed by atoms with Crippen molar-refractivity contribution < 1.29 is 41.0 Å². The molecule has 0 saturated carbocycles. The highest BCUT2D eigenvalue weighted by Crippen LogP contribution is 2.47. The second kappa shape index (κ2) is 11.1. The zero-order valence-electron chi connectivity index (χ0n) is 20.7. The fraction of sp³-hybridized carbons (Fsp3) is 0.444. The van der Waals surface area contributed by atoms with Crippen molar-refractivity contribution >= 4 is 16.9 Å². The number of carboxylic acid groups (broad SMARTS) is 1. The Morgan fingerprint density at radius 1 is 1.00 bits per heavy atom. The molecule has 4 nitrogen and oxygen atoms in total. The van der Waals surface area contributed by atoms with E-state index in [1.807, 2.05) is 13.8 Å². The highest BCUT2D eigenvalue weighted by molar-refractivity contribution is 5.85. The normalized spacial score (nSPS) is 13.4. The van der Waals surface area contributed by atoms with Gasteiger partial charge in [0.2, 0.25) is 0 Å². The van der Waals surface area contributed by atoms with Gasteiger partial charge in [0.05, 0.1) is 17.0 Å². The standard InChI is InChI=1S/C27H29F6NO3/c1-4-17(25(35)36)8-6-5-7-16-11-21(26(28,29)30)24(22(12-16)27(31,32)33)37-18-9-10-23-19(13-18)20(14-34-23)15(2)3/h9-15,17,34H,4-8H2,1-3H3,(H,35,36). The highest BCUT2D eigenvalue weighted by atomic mass is 19.4. The van der Waals surface area contributed by atoms with Crippen LogP contribution in [0.25, 0.3) is 10.9 Å². The Morgan fingerprint density at radius 2 is 1.62 bits per heavy atom. The van der Waals surface area contributed by atoms with Crippen LogP contribution in [-0.4, -0.2) is 16.1 Å². The fourth-order valence-corrected chi connectivity index (χ4v) is 4.37. The topological polar surface area (TPSA) is 62.3 Å². The zero-order chi connectivity index (χ0) is 27.5. The molecule has 1 heterocycles. The molecule has 3 rings (SSSR count). The number of hydrogen-bond acceptors (Lipinski definition) is 2. The molecule has 0 amide bonds. The number of rotatable bonds is 10. The number of carbonyl (C=O) groups is 1. The summed E-state index contributed by atoms with van der Waals surface area (Å²) in [6.07, 6.45) is -7.20. The molecule has 0 bridgehead atoms. The number of ether oxygens (including phenoxy) is 1.